The number of aromatic nitrogens is 2. The molecule has 1 aliphatic heterocycles. The molecule has 0 saturated carbocycles. The van der Waals surface area contributed by atoms with E-state index in [9.17, 15) is 4.79 Å². The zero-order valence-electron chi connectivity index (χ0n) is 14.2. The van der Waals surface area contributed by atoms with Gasteiger partial charge in [0.25, 0.3) is 0 Å². The fourth-order valence-electron chi connectivity index (χ4n) is 2.65. The predicted octanol–water partition coefficient (Wildman–Crippen LogP) is 0.209. The van der Waals surface area contributed by atoms with Gasteiger partial charge in [0.2, 0.25) is 11.8 Å². The van der Waals surface area contributed by atoms with Gasteiger partial charge in [0.1, 0.15) is 0 Å². The molecule has 130 valence electrons. The summed E-state index contributed by atoms with van der Waals surface area (Å²) in [6, 6.07) is 0.112. The van der Waals surface area contributed by atoms with E-state index >= 15 is 0 Å². The Labute approximate surface area is 137 Å². The van der Waals surface area contributed by atoms with Crippen LogP contribution in [-0.2, 0) is 9.53 Å². The molecule has 0 radical (unpaired) electrons. The highest BCUT2D eigenvalue weighted by molar-refractivity contribution is 5.77. The van der Waals surface area contributed by atoms with E-state index in [-0.39, 0.29) is 11.9 Å². The molecule has 8 heteroatoms. The molecule has 0 aliphatic carbocycles. The number of hydrogen-bond donors (Lipinski definition) is 1. The van der Waals surface area contributed by atoms with Crippen LogP contribution in [0.15, 0.2) is 4.52 Å². The molecule has 1 aromatic rings. The molecular formula is C15H27N5O3. The second kappa shape index (κ2) is 8.95. The molecule has 1 atom stereocenters. The Hall–Kier alpha value is -1.51. The lowest BCUT2D eigenvalue weighted by molar-refractivity contribution is -0.122. The maximum absolute atomic E-state index is 11.9. The Bertz CT molecular complexity index is 485. The first-order valence-corrected chi connectivity index (χ1v) is 8.12. The number of aryl methyl sites for hydroxylation is 1. The minimum absolute atomic E-state index is 0.0788. The maximum Gasteiger partial charge on any atom is 0.243 e. The van der Waals surface area contributed by atoms with Crippen molar-refractivity contribution < 1.29 is 14.1 Å². The van der Waals surface area contributed by atoms with Gasteiger partial charge >= 0.3 is 0 Å². The van der Waals surface area contributed by atoms with Crippen LogP contribution >= 0.6 is 0 Å². The monoisotopic (exact) mass is 325 g/mol. The van der Waals surface area contributed by atoms with Gasteiger partial charge in [-0.3, -0.25) is 14.6 Å². The van der Waals surface area contributed by atoms with Crippen molar-refractivity contribution in [3.8, 4) is 0 Å². The average Bonchev–Trinajstić information content (AvgIpc) is 2.98. The van der Waals surface area contributed by atoms with E-state index in [1.807, 2.05) is 6.92 Å². The van der Waals surface area contributed by atoms with Crippen LogP contribution in [-0.4, -0.2) is 78.8 Å². The number of nitrogens with one attached hydrogen (secondary N) is 1. The van der Waals surface area contributed by atoms with Gasteiger partial charge in [0, 0.05) is 46.4 Å². The summed E-state index contributed by atoms with van der Waals surface area (Å²) in [5, 5.41) is 6.76. The number of amides is 1. The van der Waals surface area contributed by atoms with Gasteiger partial charge in [0.05, 0.1) is 12.6 Å². The van der Waals surface area contributed by atoms with Crippen LogP contribution in [0.1, 0.15) is 31.1 Å². The molecular weight excluding hydrogens is 298 g/mol. The van der Waals surface area contributed by atoms with E-state index in [1.165, 1.54) is 0 Å². The van der Waals surface area contributed by atoms with Crippen molar-refractivity contribution in [3.05, 3.63) is 11.7 Å². The first-order valence-electron chi connectivity index (χ1n) is 8.12. The molecule has 2 rings (SSSR count). The number of hydrogen-bond acceptors (Lipinski definition) is 7. The third-order valence-corrected chi connectivity index (χ3v) is 4.07. The minimum Gasteiger partial charge on any atom is -0.385 e. The Balaban J connectivity index is 1.68. The van der Waals surface area contributed by atoms with Crippen LogP contribution in [0.25, 0.3) is 0 Å². The largest absolute Gasteiger partial charge is 0.385 e. The standard InChI is InChI=1S/C15H27N5O3/c1-12(15-17-13(2)18-23-15)20-8-6-19(7-9-20)11-14(21)16-5-4-10-22-3/h12H,4-11H2,1-3H3,(H,16,21). The van der Waals surface area contributed by atoms with E-state index < -0.39 is 0 Å². The molecule has 1 N–H and O–H groups in total. The molecule has 0 spiro atoms. The molecule has 1 unspecified atom stereocenters. The van der Waals surface area contributed by atoms with Gasteiger partial charge in [-0.1, -0.05) is 5.16 Å². The van der Waals surface area contributed by atoms with Gasteiger partial charge in [-0.15, -0.1) is 0 Å². The topological polar surface area (TPSA) is 83.7 Å². The SMILES string of the molecule is COCCCNC(=O)CN1CCN(C(C)c2nc(C)no2)CC1. The van der Waals surface area contributed by atoms with Crippen molar-refractivity contribution in [2.24, 2.45) is 0 Å². The number of nitrogens with zero attached hydrogens (tertiary/aromatic N) is 4. The van der Waals surface area contributed by atoms with E-state index in [0.717, 1.165) is 32.6 Å². The van der Waals surface area contributed by atoms with E-state index in [1.54, 1.807) is 7.11 Å². The molecule has 8 nitrogen and oxygen atoms in total. The lowest BCUT2D eigenvalue weighted by atomic mass is 10.2. The average molecular weight is 325 g/mol. The first-order chi connectivity index (χ1) is 11.1. The van der Waals surface area contributed by atoms with Gasteiger partial charge in [-0.05, 0) is 20.3 Å². The first kappa shape index (κ1) is 17.8. The molecule has 1 aliphatic rings. The lowest BCUT2D eigenvalue weighted by Crippen LogP contribution is -2.50. The van der Waals surface area contributed by atoms with Gasteiger partial charge < -0.3 is 14.6 Å². The highest BCUT2D eigenvalue weighted by Crippen LogP contribution is 2.19. The molecule has 23 heavy (non-hydrogen) atoms. The van der Waals surface area contributed by atoms with Crippen molar-refractivity contribution in [2.45, 2.75) is 26.3 Å². The van der Waals surface area contributed by atoms with E-state index in [2.05, 4.69) is 32.2 Å². The zero-order chi connectivity index (χ0) is 16.7. The van der Waals surface area contributed by atoms with Crippen LogP contribution in [0, 0.1) is 6.92 Å². The Kier molecular flexibility index (Phi) is 6.94. The third kappa shape index (κ3) is 5.56. The summed E-state index contributed by atoms with van der Waals surface area (Å²) in [6.45, 7) is 9.19. The summed E-state index contributed by atoms with van der Waals surface area (Å²) in [7, 11) is 1.66. The van der Waals surface area contributed by atoms with E-state index in [4.69, 9.17) is 9.26 Å². The van der Waals surface area contributed by atoms with Gasteiger partial charge in [0.15, 0.2) is 5.82 Å². The predicted molar refractivity (Wildman–Crippen MR) is 85.0 cm³/mol. The second-order valence-electron chi connectivity index (χ2n) is 5.86. The third-order valence-electron chi connectivity index (χ3n) is 4.07. The summed E-state index contributed by atoms with van der Waals surface area (Å²) in [5.41, 5.74) is 0. The Morgan fingerprint density at radius 3 is 2.74 bits per heavy atom. The molecule has 2 heterocycles. The highest BCUT2D eigenvalue weighted by atomic mass is 16.5. The summed E-state index contributed by atoms with van der Waals surface area (Å²) < 4.78 is 10.2. The molecule has 0 bridgehead atoms. The van der Waals surface area contributed by atoms with Crippen molar-refractivity contribution in [2.75, 3.05) is 53.0 Å². The number of rotatable bonds is 8. The van der Waals surface area contributed by atoms with Crippen molar-refractivity contribution in [3.63, 3.8) is 0 Å². The number of carbonyl (C=O) groups excluding carboxylic acids is 1. The number of ether oxygens (including phenoxy) is 1. The molecule has 1 saturated heterocycles. The van der Waals surface area contributed by atoms with Crippen molar-refractivity contribution >= 4 is 5.91 Å². The quantitative estimate of drug-likeness (QED) is 0.684. The summed E-state index contributed by atoms with van der Waals surface area (Å²) in [6.07, 6.45) is 0.844. The molecule has 1 aromatic heterocycles. The normalized spacial score (nSPS) is 18.0. The van der Waals surface area contributed by atoms with Gasteiger partial charge in [-0.2, -0.15) is 4.98 Å². The van der Waals surface area contributed by atoms with E-state index in [0.29, 0.717) is 31.4 Å². The zero-order valence-corrected chi connectivity index (χ0v) is 14.2. The van der Waals surface area contributed by atoms with Crippen LogP contribution in [0.4, 0.5) is 0 Å². The van der Waals surface area contributed by atoms with Gasteiger partial charge in [-0.25, -0.2) is 0 Å². The summed E-state index contributed by atoms with van der Waals surface area (Å²) >= 11 is 0. The summed E-state index contributed by atoms with van der Waals surface area (Å²) in [5.74, 6) is 1.40. The molecule has 0 aromatic carbocycles. The number of methoxy groups -OCH3 is 1. The highest BCUT2D eigenvalue weighted by Gasteiger charge is 2.26. The lowest BCUT2D eigenvalue weighted by Gasteiger charge is -2.36. The van der Waals surface area contributed by atoms with Crippen molar-refractivity contribution in [1.29, 1.82) is 0 Å². The van der Waals surface area contributed by atoms with Crippen LogP contribution in [0.5, 0.6) is 0 Å². The van der Waals surface area contributed by atoms with Crippen LogP contribution < -0.4 is 5.32 Å². The minimum atomic E-state index is 0.0788. The number of piperazine rings is 1. The fraction of sp³-hybridized carbons (Fsp3) is 0.800. The fourth-order valence-corrected chi connectivity index (χ4v) is 2.65. The van der Waals surface area contributed by atoms with Crippen molar-refractivity contribution in [1.82, 2.24) is 25.3 Å². The Morgan fingerprint density at radius 2 is 2.13 bits per heavy atom. The smallest absolute Gasteiger partial charge is 0.243 e. The maximum atomic E-state index is 11.9. The second-order valence-corrected chi connectivity index (χ2v) is 5.86. The Morgan fingerprint density at radius 1 is 1.39 bits per heavy atom. The molecule has 1 fully saturated rings. The number of carbonyl (C=O) groups is 1. The molecule has 1 amide bonds. The van der Waals surface area contributed by atoms with Crippen LogP contribution in [0.2, 0.25) is 0 Å². The van der Waals surface area contributed by atoms with Crippen LogP contribution in [0.3, 0.4) is 0 Å². The summed E-state index contributed by atoms with van der Waals surface area (Å²) in [4.78, 5) is 20.6.